The molecule has 0 saturated carbocycles. The Labute approximate surface area is 77.1 Å². The Morgan fingerprint density at radius 1 is 1.14 bits per heavy atom. The van der Waals surface area contributed by atoms with Crippen LogP contribution in [0.15, 0.2) is 0 Å². The molecule has 0 aliphatic heterocycles. The zero-order chi connectivity index (χ0) is 12.1. The van der Waals surface area contributed by atoms with Crippen LogP contribution in [0, 0.1) is 0 Å². The number of hydrogen-bond acceptors (Lipinski definition) is 5. The lowest BCUT2D eigenvalue weighted by Gasteiger charge is -1.85. The van der Waals surface area contributed by atoms with Crippen LogP contribution < -0.4 is 0 Å². The van der Waals surface area contributed by atoms with Crippen LogP contribution in [-0.2, 0) is 19.1 Å². The minimum atomic E-state index is -1.83. The summed E-state index contributed by atoms with van der Waals surface area (Å²) in [7, 11) is 1.01. The first-order valence-electron chi connectivity index (χ1n) is 2.64. The zero-order valence-electron chi connectivity index (χ0n) is 6.91. The zero-order valence-corrected chi connectivity index (χ0v) is 6.91. The molecule has 0 aliphatic rings. The second-order valence-corrected chi connectivity index (χ2v) is 1.18. The lowest BCUT2D eigenvalue weighted by atomic mass is 10.7. The van der Waals surface area contributed by atoms with Crippen LogP contribution in [0.1, 0.15) is 0 Å². The fourth-order valence-corrected chi connectivity index (χ4v) is 0.0873. The molecule has 0 fully saturated rings. The van der Waals surface area contributed by atoms with Gasteiger partial charge in [0.25, 0.3) is 6.47 Å². The number of hydrogen-bond donors (Lipinski definition) is 4. The topological polar surface area (TPSA) is 158 Å². The predicted molar refractivity (Wildman–Crippen MR) is 39.0 cm³/mol. The maximum Gasteiger partial charge on any atom is 0.503 e. The van der Waals surface area contributed by atoms with Crippen LogP contribution in [0.2, 0.25) is 0 Å². The normalized spacial score (nSPS) is 6.36. The van der Waals surface area contributed by atoms with Crippen molar-refractivity contribution in [2.24, 2.45) is 0 Å². The Balaban J connectivity index is -0.000000147. The molecule has 9 nitrogen and oxygen atoms in total. The number of carboxylic acid groups (broad SMARTS) is 4. The van der Waals surface area contributed by atoms with E-state index in [0.29, 0.717) is 0 Å². The van der Waals surface area contributed by atoms with E-state index in [-0.39, 0.29) is 6.47 Å². The number of carbonyl (C=O) groups excluding carboxylic acids is 1. The summed E-state index contributed by atoms with van der Waals surface area (Å²) in [5.41, 5.74) is 0. The summed E-state index contributed by atoms with van der Waals surface area (Å²) in [4.78, 5) is 36.1. The molecule has 0 radical (unpaired) electrons. The molecular formula is C5H8O9. The minimum Gasteiger partial charge on any atom is -0.483 e. The molecule has 0 aromatic rings. The molecule has 0 spiro atoms. The van der Waals surface area contributed by atoms with Crippen molar-refractivity contribution in [3.05, 3.63) is 0 Å². The molecule has 0 amide bonds. The summed E-state index contributed by atoms with van der Waals surface area (Å²) in [6.07, 6.45) is -1.83. The Morgan fingerprint density at radius 3 is 1.36 bits per heavy atom. The second-order valence-electron chi connectivity index (χ2n) is 1.18. The molecule has 14 heavy (non-hydrogen) atoms. The van der Waals surface area contributed by atoms with Crippen molar-refractivity contribution in [3.8, 4) is 0 Å². The molecule has 0 rings (SSSR count). The number of methoxy groups -OCH3 is 1. The molecule has 9 heteroatoms. The molecule has 0 unspecified atom stereocenters. The van der Waals surface area contributed by atoms with E-state index in [9.17, 15) is 9.59 Å². The third-order valence-electron chi connectivity index (χ3n) is 0.360. The Bertz CT molecular complexity index is 191. The Kier molecular flexibility index (Phi) is 16.8. The number of aliphatic carboxylic acids is 1. The maximum absolute atomic E-state index is 9.69. The van der Waals surface area contributed by atoms with Crippen LogP contribution in [0.5, 0.6) is 0 Å². The third-order valence-corrected chi connectivity index (χ3v) is 0.360. The number of ether oxygens (including phenoxy) is 1. The van der Waals surface area contributed by atoms with Gasteiger partial charge in [0, 0.05) is 0 Å². The summed E-state index contributed by atoms with van der Waals surface area (Å²) in [5, 5.41) is 28.5. The maximum atomic E-state index is 9.69. The highest BCUT2D eigenvalue weighted by Crippen LogP contribution is 1.68. The highest BCUT2D eigenvalue weighted by atomic mass is 16.6. The quantitative estimate of drug-likeness (QED) is 0.228. The van der Waals surface area contributed by atoms with Crippen molar-refractivity contribution in [2.75, 3.05) is 7.11 Å². The minimum absolute atomic E-state index is 0.250. The molecule has 0 aromatic heterocycles. The summed E-state index contributed by atoms with van der Waals surface area (Å²) >= 11 is 0. The molecule has 0 atom stereocenters. The SMILES string of the molecule is COC(=O)C(=O)O.O=C(O)O.O=CO. The highest BCUT2D eigenvalue weighted by Gasteiger charge is 2.08. The molecular weight excluding hydrogens is 204 g/mol. The van der Waals surface area contributed by atoms with Gasteiger partial charge < -0.3 is 25.2 Å². The highest BCUT2D eigenvalue weighted by molar-refractivity contribution is 6.28. The van der Waals surface area contributed by atoms with Gasteiger partial charge in [0.15, 0.2) is 0 Å². The first-order chi connectivity index (χ1) is 6.33. The van der Waals surface area contributed by atoms with E-state index < -0.39 is 18.1 Å². The monoisotopic (exact) mass is 212 g/mol. The molecule has 0 aliphatic carbocycles. The summed E-state index contributed by atoms with van der Waals surface area (Å²) in [6, 6.07) is 0. The number of carboxylic acids is 1. The van der Waals surface area contributed by atoms with Gasteiger partial charge in [-0.05, 0) is 0 Å². The van der Waals surface area contributed by atoms with E-state index in [1.165, 1.54) is 0 Å². The number of rotatable bonds is 0. The van der Waals surface area contributed by atoms with Crippen LogP contribution >= 0.6 is 0 Å². The Hall–Kier alpha value is -2.32. The van der Waals surface area contributed by atoms with Gasteiger partial charge in [-0.2, -0.15) is 0 Å². The number of esters is 1. The predicted octanol–water partition coefficient (Wildman–Crippen LogP) is -0.833. The molecule has 0 aromatic carbocycles. The summed E-state index contributed by atoms with van der Waals surface area (Å²) in [6.45, 7) is -0.250. The van der Waals surface area contributed by atoms with Crippen LogP contribution in [0.3, 0.4) is 0 Å². The molecule has 0 bridgehead atoms. The van der Waals surface area contributed by atoms with Crippen LogP contribution in [-0.4, -0.2) is 52.1 Å². The van der Waals surface area contributed by atoms with Crippen molar-refractivity contribution in [1.82, 2.24) is 0 Å². The standard InChI is InChI=1S/C3H4O4.CH2O3.CH2O2/c1-7-3(6)2(4)5;2-1(3)4;2-1-3/h1H3,(H,4,5);(H2,2,3,4);1H,(H,2,3). The van der Waals surface area contributed by atoms with E-state index in [1.54, 1.807) is 0 Å². The smallest absolute Gasteiger partial charge is 0.483 e. The third kappa shape index (κ3) is 53.9. The average Bonchev–Trinajstić information content (AvgIpc) is 2.03. The fourth-order valence-electron chi connectivity index (χ4n) is 0.0873. The molecule has 0 heterocycles. The van der Waals surface area contributed by atoms with E-state index >= 15 is 0 Å². The number of carbonyl (C=O) groups is 4. The molecule has 82 valence electrons. The van der Waals surface area contributed by atoms with Gasteiger partial charge in [0.1, 0.15) is 0 Å². The van der Waals surface area contributed by atoms with Gasteiger partial charge in [-0.3, -0.25) is 4.79 Å². The van der Waals surface area contributed by atoms with Crippen molar-refractivity contribution in [3.63, 3.8) is 0 Å². The summed E-state index contributed by atoms with van der Waals surface area (Å²) < 4.78 is 3.77. The molecule has 4 N–H and O–H groups in total. The second kappa shape index (κ2) is 13.3. The van der Waals surface area contributed by atoms with Crippen molar-refractivity contribution in [1.29, 1.82) is 0 Å². The van der Waals surface area contributed by atoms with E-state index in [0.717, 1.165) is 7.11 Å². The average molecular weight is 212 g/mol. The largest absolute Gasteiger partial charge is 0.503 e. The summed E-state index contributed by atoms with van der Waals surface area (Å²) in [5.74, 6) is -2.80. The van der Waals surface area contributed by atoms with Gasteiger partial charge in [-0.25, -0.2) is 14.4 Å². The first-order valence-corrected chi connectivity index (χ1v) is 2.64. The van der Waals surface area contributed by atoms with Gasteiger partial charge in [0.05, 0.1) is 7.11 Å². The van der Waals surface area contributed by atoms with Gasteiger partial charge in [-0.15, -0.1) is 0 Å². The van der Waals surface area contributed by atoms with Crippen LogP contribution in [0.4, 0.5) is 4.79 Å². The Morgan fingerprint density at radius 2 is 1.36 bits per heavy atom. The molecule has 0 saturated heterocycles. The van der Waals surface area contributed by atoms with E-state index in [1.807, 2.05) is 0 Å². The van der Waals surface area contributed by atoms with Crippen molar-refractivity contribution >= 4 is 24.6 Å². The van der Waals surface area contributed by atoms with E-state index in [2.05, 4.69) is 4.74 Å². The lowest BCUT2D eigenvalue weighted by molar-refractivity contribution is -0.161. The van der Waals surface area contributed by atoms with Gasteiger partial charge in [-0.1, -0.05) is 0 Å². The van der Waals surface area contributed by atoms with Gasteiger partial charge >= 0.3 is 18.1 Å². The lowest BCUT2D eigenvalue weighted by Crippen LogP contribution is -2.13. The van der Waals surface area contributed by atoms with Crippen LogP contribution in [0.25, 0.3) is 0 Å². The van der Waals surface area contributed by atoms with Gasteiger partial charge in [0.2, 0.25) is 0 Å². The fraction of sp³-hybridized carbons (Fsp3) is 0.200. The van der Waals surface area contributed by atoms with E-state index in [4.69, 9.17) is 30.0 Å². The van der Waals surface area contributed by atoms with Crippen molar-refractivity contribution < 1.29 is 44.3 Å². The van der Waals surface area contributed by atoms with Crippen molar-refractivity contribution in [2.45, 2.75) is 0 Å². The first kappa shape index (κ1) is 17.7.